The summed E-state index contributed by atoms with van der Waals surface area (Å²) in [6, 6.07) is 19.1. The molecule has 3 heterocycles. The molecule has 33 heavy (non-hydrogen) atoms. The molecule has 0 aliphatic heterocycles. The van der Waals surface area contributed by atoms with Gasteiger partial charge in [-0.2, -0.15) is 5.26 Å². The van der Waals surface area contributed by atoms with Crippen molar-refractivity contribution in [1.29, 1.82) is 5.26 Å². The van der Waals surface area contributed by atoms with Crippen molar-refractivity contribution < 1.29 is 4.79 Å². The maximum Gasteiger partial charge on any atom is 0.263 e. The molecule has 0 aliphatic carbocycles. The molecule has 5 aromatic rings. The lowest BCUT2D eigenvalue weighted by molar-refractivity contribution is 0.0964. The first kappa shape index (κ1) is 20.7. The third-order valence-corrected chi connectivity index (χ3v) is 6.01. The van der Waals surface area contributed by atoms with E-state index < -0.39 is 0 Å². The molecule has 0 unspecified atom stereocenters. The number of hydrogen-bond donors (Lipinski definition) is 0. The molecule has 0 radical (unpaired) electrons. The van der Waals surface area contributed by atoms with Crippen LogP contribution >= 0.6 is 0 Å². The van der Waals surface area contributed by atoms with Crippen LogP contribution in [0.3, 0.4) is 0 Å². The van der Waals surface area contributed by atoms with Crippen LogP contribution in [0.25, 0.3) is 22.1 Å². The molecule has 0 fully saturated rings. The standard InChI is InChI=1S/C27H23N5O/c1-4-24-30-25-17(2)13-18(3)29-26(25)32(24)16-19-9-10-23-20(14-19)11-12-31(23)27(33)22-8-6-5-7-21(22)15-28/h5-14H,4,16H2,1-3H3. The second-order valence-electron chi connectivity index (χ2n) is 8.26. The van der Waals surface area contributed by atoms with Crippen molar-refractivity contribution >= 4 is 28.0 Å². The zero-order valence-corrected chi connectivity index (χ0v) is 18.8. The molecule has 0 saturated heterocycles. The monoisotopic (exact) mass is 433 g/mol. The average Bonchev–Trinajstić information content (AvgIpc) is 3.40. The van der Waals surface area contributed by atoms with E-state index in [1.54, 1.807) is 35.0 Å². The molecule has 0 saturated carbocycles. The molecule has 0 amide bonds. The predicted octanol–water partition coefficient (Wildman–Crippen LogP) is 5.17. The fourth-order valence-electron chi connectivity index (χ4n) is 4.43. The maximum atomic E-state index is 13.1. The summed E-state index contributed by atoms with van der Waals surface area (Å²) in [5.74, 6) is 0.797. The number of nitrogens with zero attached hydrogens (tertiary/aromatic N) is 5. The lowest BCUT2D eigenvalue weighted by Gasteiger charge is -2.10. The van der Waals surface area contributed by atoms with Gasteiger partial charge in [0.05, 0.1) is 29.3 Å². The van der Waals surface area contributed by atoms with E-state index in [4.69, 9.17) is 9.97 Å². The van der Waals surface area contributed by atoms with Crippen LogP contribution in [-0.2, 0) is 13.0 Å². The Hall–Kier alpha value is -4.24. The van der Waals surface area contributed by atoms with E-state index in [1.165, 1.54) is 0 Å². The van der Waals surface area contributed by atoms with Crippen molar-refractivity contribution in [2.45, 2.75) is 33.7 Å². The van der Waals surface area contributed by atoms with Crippen molar-refractivity contribution in [3.8, 4) is 6.07 Å². The molecule has 0 bridgehead atoms. The first-order valence-electron chi connectivity index (χ1n) is 11.0. The van der Waals surface area contributed by atoms with E-state index in [0.717, 1.165) is 51.1 Å². The van der Waals surface area contributed by atoms with Gasteiger partial charge in [-0.15, -0.1) is 0 Å². The van der Waals surface area contributed by atoms with Crippen LogP contribution < -0.4 is 0 Å². The fourth-order valence-corrected chi connectivity index (χ4v) is 4.43. The van der Waals surface area contributed by atoms with E-state index >= 15 is 0 Å². The van der Waals surface area contributed by atoms with Crippen LogP contribution in [0.4, 0.5) is 0 Å². The Bertz CT molecular complexity index is 1580. The van der Waals surface area contributed by atoms with Gasteiger partial charge in [0, 0.05) is 23.7 Å². The number of carbonyl (C=O) groups excluding carboxylic acids is 1. The maximum absolute atomic E-state index is 13.1. The number of imidazole rings is 1. The minimum atomic E-state index is -0.209. The van der Waals surface area contributed by atoms with Crippen molar-refractivity contribution in [3.05, 3.63) is 94.6 Å². The minimum Gasteiger partial charge on any atom is -0.308 e. The van der Waals surface area contributed by atoms with Crippen molar-refractivity contribution in [2.75, 3.05) is 0 Å². The highest BCUT2D eigenvalue weighted by Crippen LogP contribution is 2.24. The van der Waals surface area contributed by atoms with Crippen molar-refractivity contribution in [2.24, 2.45) is 0 Å². The lowest BCUT2D eigenvalue weighted by Crippen LogP contribution is -2.12. The van der Waals surface area contributed by atoms with Gasteiger partial charge < -0.3 is 4.57 Å². The van der Waals surface area contributed by atoms with Crippen molar-refractivity contribution in [1.82, 2.24) is 19.1 Å². The Morgan fingerprint density at radius 3 is 2.67 bits per heavy atom. The van der Waals surface area contributed by atoms with Gasteiger partial charge >= 0.3 is 0 Å². The summed E-state index contributed by atoms with van der Waals surface area (Å²) in [6.07, 6.45) is 2.59. The van der Waals surface area contributed by atoms with Crippen LogP contribution in [0.2, 0.25) is 0 Å². The van der Waals surface area contributed by atoms with Gasteiger partial charge in [-0.25, -0.2) is 9.97 Å². The first-order chi connectivity index (χ1) is 16.0. The smallest absolute Gasteiger partial charge is 0.263 e. The topological polar surface area (TPSA) is 76.5 Å². The summed E-state index contributed by atoms with van der Waals surface area (Å²) in [5.41, 5.74) is 6.67. The molecule has 6 nitrogen and oxygen atoms in total. The molecule has 0 aliphatic rings. The summed E-state index contributed by atoms with van der Waals surface area (Å²) in [7, 11) is 0. The van der Waals surface area contributed by atoms with Gasteiger partial charge in [0.2, 0.25) is 0 Å². The Morgan fingerprint density at radius 1 is 1.06 bits per heavy atom. The zero-order valence-electron chi connectivity index (χ0n) is 18.8. The Morgan fingerprint density at radius 2 is 1.88 bits per heavy atom. The number of aryl methyl sites for hydroxylation is 3. The third kappa shape index (κ3) is 3.48. The van der Waals surface area contributed by atoms with Crippen molar-refractivity contribution in [3.63, 3.8) is 0 Å². The molecule has 162 valence electrons. The van der Waals surface area contributed by atoms with Gasteiger partial charge in [-0.1, -0.05) is 25.1 Å². The summed E-state index contributed by atoms with van der Waals surface area (Å²) in [6.45, 7) is 6.84. The SMILES string of the molecule is CCc1nc2c(C)cc(C)nc2n1Cc1ccc2c(ccn2C(=O)c2ccccc2C#N)c1. The third-order valence-electron chi connectivity index (χ3n) is 6.01. The van der Waals surface area contributed by atoms with E-state index in [2.05, 4.69) is 36.6 Å². The normalized spacial score (nSPS) is 11.2. The van der Waals surface area contributed by atoms with Gasteiger partial charge in [-0.3, -0.25) is 9.36 Å². The Labute approximate surface area is 191 Å². The number of nitriles is 1. The molecule has 0 N–H and O–H groups in total. The summed E-state index contributed by atoms with van der Waals surface area (Å²) in [4.78, 5) is 22.7. The lowest BCUT2D eigenvalue weighted by atomic mass is 10.1. The number of rotatable bonds is 4. The van der Waals surface area contributed by atoms with E-state index in [-0.39, 0.29) is 5.91 Å². The second-order valence-corrected chi connectivity index (χ2v) is 8.26. The Kier molecular flexibility index (Phi) is 5.02. The predicted molar refractivity (Wildman–Crippen MR) is 128 cm³/mol. The molecule has 0 spiro atoms. The van der Waals surface area contributed by atoms with Crippen LogP contribution in [0.15, 0.2) is 60.8 Å². The number of carbonyl (C=O) groups is 1. The minimum absolute atomic E-state index is 0.209. The molecular weight excluding hydrogens is 410 g/mol. The zero-order chi connectivity index (χ0) is 23.1. The summed E-state index contributed by atoms with van der Waals surface area (Å²) >= 11 is 0. The molecule has 2 aromatic carbocycles. The Balaban J connectivity index is 1.54. The second kappa shape index (κ2) is 8.03. The molecule has 3 aromatic heterocycles. The number of fused-ring (bicyclic) bond motifs is 2. The first-order valence-corrected chi connectivity index (χ1v) is 11.0. The van der Waals surface area contributed by atoms with E-state index in [0.29, 0.717) is 17.7 Å². The van der Waals surface area contributed by atoms with Crippen LogP contribution in [-0.4, -0.2) is 25.0 Å². The number of pyridine rings is 1. The van der Waals surface area contributed by atoms with E-state index in [1.807, 2.05) is 25.1 Å². The quantitative estimate of drug-likeness (QED) is 0.392. The van der Waals surface area contributed by atoms with Crippen LogP contribution in [0.1, 0.15) is 45.5 Å². The summed E-state index contributed by atoms with van der Waals surface area (Å²) in [5, 5.41) is 10.3. The van der Waals surface area contributed by atoms with Gasteiger partial charge in [-0.05, 0) is 61.4 Å². The van der Waals surface area contributed by atoms with Gasteiger partial charge in [0.1, 0.15) is 11.3 Å². The number of aromatic nitrogens is 4. The average molecular weight is 434 g/mol. The highest BCUT2D eigenvalue weighted by atomic mass is 16.2. The number of hydrogen-bond acceptors (Lipinski definition) is 4. The molecular formula is C27H23N5O. The molecule has 6 heteroatoms. The number of benzene rings is 2. The van der Waals surface area contributed by atoms with Crippen LogP contribution in [0, 0.1) is 25.2 Å². The molecule has 0 atom stereocenters. The summed E-state index contributed by atoms with van der Waals surface area (Å²) < 4.78 is 3.79. The highest BCUT2D eigenvalue weighted by molar-refractivity contribution is 6.03. The van der Waals surface area contributed by atoms with Gasteiger partial charge in [0.15, 0.2) is 5.65 Å². The van der Waals surface area contributed by atoms with Crippen LogP contribution in [0.5, 0.6) is 0 Å². The van der Waals surface area contributed by atoms with E-state index in [9.17, 15) is 10.1 Å². The highest BCUT2D eigenvalue weighted by Gasteiger charge is 2.17. The molecule has 5 rings (SSSR count). The van der Waals surface area contributed by atoms with Gasteiger partial charge in [0.25, 0.3) is 5.91 Å². The fraction of sp³-hybridized carbons (Fsp3) is 0.185. The largest absolute Gasteiger partial charge is 0.308 e.